The molecule has 0 saturated carbocycles. The maximum atomic E-state index is 11.7. The van der Waals surface area contributed by atoms with Crippen molar-refractivity contribution in [2.45, 2.75) is 39.0 Å². The number of halogens is 1. The first-order valence-corrected chi connectivity index (χ1v) is 9.19. The Balaban J connectivity index is 0.00000312. The van der Waals surface area contributed by atoms with Crippen LogP contribution in [0.25, 0.3) is 0 Å². The molecule has 0 spiro atoms. The zero-order valence-electron chi connectivity index (χ0n) is 15.5. The summed E-state index contributed by atoms with van der Waals surface area (Å²) in [5.41, 5.74) is 0.461. The molecule has 142 valence electrons. The average Bonchev–Trinajstić information content (AvgIpc) is 2.90. The molecule has 25 heavy (non-hydrogen) atoms. The van der Waals surface area contributed by atoms with E-state index in [1.807, 2.05) is 11.8 Å². The minimum Gasteiger partial charge on any atom is -0.465 e. The Morgan fingerprint density at radius 3 is 2.84 bits per heavy atom. The Morgan fingerprint density at radius 1 is 1.52 bits per heavy atom. The molecule has 0 unspecified atom stereocenters. The number of thioether (sulfide) groups is 1. The SMILES string of the molecule is CCNC(=NCc1cc(C(=O)OC)c(C)o1)N1CCSC(C)(C)C1.I. The van der Waals surface area contributed by atoms with Crippen molar-refractivity contribution in [1.29, 1.82) is 0 Å². The van der Waals surface area contributed by atoms with E-state index in [-0.39, 0.29) is 34.7 Å². The van der Waals surface area contributed by atoms with Gasteiger partial charge in [-0.15, -0.1) is 24.0 Å². The zero-order chi connectivity index (χ0) is 17.7. The Bertz CT molecular complexity index is 616. The molecule has 1 aliphatic rings. The molecule has 1 aromatic heterocycles. The van der Waals surface area contributed by atoms with Crippen LogP contribution < -0.4 is 5.32 Å². The first-order valence-electron chi connectivity index (χ1n) is 8.21. The number of carbonyl (C=O) groups is 1. The van der Waals surface area contributed by atoms with Gasteiger partial charge < -0.3 is 19.4 Å². The molecule has 0 radical (unpaired) electrons. The quantitative estimate of drug-likeness (QED) is 0.308. The Morgan fingerprint density at radius 2 is 2.24 bits per heavy atom. The first kappa shape index (κ1) is 22.1. The molecule has 0 atom stereocenters. The van der Waals surface area contributed by atoms with Crippen LogP contribution in [-0.2, 0) is 11.3 Å². The molecule has 1 fully saturated rings. The number of hydrogen-bond acceptors (Lipinski definition) is 5. The normalized spacial score (nSPS) is 17.0. The van der Waals surface area contributed by atoms with Gasteiger partial charge >= 0.3 is 5.97 Å². The van der Waals surface area contributed by atoms with Crippen LogP contribution in [0.3, 0.4) is 0 Å². The third kappa shape index (κ3) is 6.09. The third-order valence-corrected chi connectivity index (χ3v) is 5.12. The van der Waals surface area contributed by atoms with E-state index in [1.165, 1.54) is 7.11 Å². The minimum absolute atomic E-state index is 0. The van der Waals surface area contributed by atoms with Crippen molar-refractivity contribution in [3.05, 3.63) is 23.2 Å². The molecule has 1 aliphatic heterocycles. The monoisotopic (exact) mass is 481 g/mol. The van der Waals surface area contributed by atoms with Gasteiger partial charge in [-0.2, -0.15) is 11.8 Å². The lowest BCUT2D eigenvalue weighted by molar-refractivity contribution is 0.0599. The number of esters is 1. The van der Waals surface area contributed by atoms with Crippen LogP contribution in [0.15, 0.2) is 15.5 Å². The summed E-state index contributed by atoms with van der Waals surface area (Å²) in [6.07, 6.45) is 0. The lowest BCUT2D eigenvalue weighted by atomic mass is 10.2. The highest BCUT2D eigenvalue weighted by Crippen LogP contribution is 2.29. The van der Waals surface area contributed by atoms with Crippen molar-refractivity contribution >= 4 is 47.7 Å². The molecule has 1 aromatic rings. The first-order chi connectivity index (χ1) is 11.4. The molecule has 0 aliphatic carbocycles. The Labute approximate surface area is 171 Å². The smallest absolute Gasteiger partial charge is 0.341 e. The maximum absolute atomic E-state index is 11.7. The van der Waals surface area contributed by atoms with Crippen LogP contribution in [-0.4, -0.2) is 54.1 Å². The van der Waals surface area contributed by atoms with E-state index in [1.54, 1.807) is 13.0 Å². The fourth-order valence-electron chi connectivity index (χ4n) is 2.71. The van der Waals surface area contributed by atoms with Crippen LogP contribution >= 0.6 is 35.7 Å². The van der Waals surface area contributed by atoms with Gasteiger partial charge in [0.25, 0.3) is 0 Å². The number of ether oxygens (including phenoxy) is 1. The van der Waals surface area contributed by atoms with Crippen molar-refractivity contribution in [3.8, 4) is 0 Å². The molecule has 0 aromatic carbocycles. The number of nitrogens with zero attached hydrogens (tertiary/aromatic N) is 2. The summed E-state index contributed by atoms with van der Waals surface area (Å²) in [6, 6.07) is 1.71. The molecular formula is C17H28IN3O3S. The molecule has 8 heteroatoms. The summed E-state index contributed by atoms with van der Waals surface area (Å²) in [5, 5.41) is 3.35. The highest BCUT2D eigenvalue weighted by molar-refractivity contribution is 14.0. The molecule has 1 N–H and O–H groups in total. The molecule has 0 amide bonds. The predicted molar refractivity (Wildman–Crippen MR) is 113 cm³/mol. The van der Waals surface area contributed by atoms with Gasteiger partial charge in [0.2, 0.25) is 0 Å². The summed E-state index contributed by atoms with van der Waals surface area (Å²) in [7, 11) is 1.37. The van der Waals surface area contributed by atoms with Gasteiger partial charge in [-0.1, -0.05) is 0 Å². The number of nitrogens with one attached hydrogen (secondary N) is 1. The number of rotatable bonds is 4. The molecular weight excluding hydrogens is 453 g/mol. The van der Waals surface area contributed by atoms with E-state index in [0.29, 0.717) is 23.6 Å². The largest absolute Gasteiger partial charge is 0.465 e. The second kappa shape index (κ2) is 9.70. The lowest BCUT2D eigenvalue weighted by Gasteiger charge is -2.39. The number of carbonyl (C=O) groups excluding carboxylic acids is 1. The van der Waals surface area contributed by atoms with Crippen molar-refractivity contribution in [3.63, 3.8) is 0 Å². The van der Waals surface area contributed by atoms with Crippen LogP contribution in [0.1, 0.15) is 42.6 Å². The topological polar surface area (TPSA) is 67.1 Å². The summed E-state index contributed by atoms with van der Waals surface area (Å²) in [5.74, 6) is 2.82. The van der Waals surface area contributed by atoms with Crippen LogP contribution in [0.2, 0.25) is 0 Å². The minimum atomic E-state index is -0.381. The number of aryl methyl sites for hydroxylation is 1. The Kier molecular flexibility index (Phi) is 8.59. The van der Waals surface area contributed by atoms with E-state index in [2.05, 4.69) is 36.0 Å². The second-order valence-electron chi connectivity index (χ2n) is 6.37. The molecule has 2 rings (SSSR count). The van der Waals surface area contributed by atoms with Gasteiger partial charge in [0.05, 0.1) is 7.11 Å². The fraction of sp³-hybridized carbons (Fsp3) is 0.647. The van der Waals surface area contributed by atoms with Gasteiger partial charge in [0.15, 0.2) is 5.96 Å². The number of guanidine groups is 1. The third-order valence-electron chi connectivity index (χ3n) is 3.82. The lowest BCUT2D eigenvalue weighted by Crippen LogP contribution is -2.50. The second-order valence-corrected chi connectivity index (χ2v) is 8.18. The van der Waals surface area contributed by atoms with Crippen LogP contribution in [0, 0.1) is 6.92 Å². The average molecular weight is 481 g/mol. The van der Waals surface area contributed by atoms with Gasteiger partial charge in [0.1, 0.15) is 23.6 Å². The predicted octanol–water partition coefficient (Wildman–Crippen LogP) is 3.29. The zero-order valence-corrected chi connectivity index (χ0v) is 18.7. The van der Waals surface area contributed by atoms with E-state index in [4.69, 9.17) is 9.15 Å². The highest BCUT2D eigenvalue weighted by Gasteiger charge is 2.28. The van der Waals surface area contributed by atoms with Crippen molar-refractivity contribution in [1.82, 2.24) is 10.2 Å². The molecule has 0 bridgehead atoms. The highest BCUT2D eigenvalue weighted by atomic mass is 127. The number of aliphatic imine (C=N–C) groups is 1. The number of furan rings is 1. The van der Waals surface area contributed by atoms with Gasteiger partial charge in [-0.3, -0.25) is 0 Å². The number of methoxy groups -OCH3 is 1. The maximum Gasteiger partial charge on any atom is 0.341 e. The van der Waals surface area contributed by atoms with E-state index in [9.17, 15) is 4.79 Å². The molecule has 1 saturated heterocycles. The molecule has 2 heterocycles. The van der Waals surface area contributed by atoms with Gasteiger partial charge in [-0.05, 0) is 33.8 Å². The van der Waals surface area contributed by atoms with Crippen molar-refractivity contribution < 1.29 is 13.9 Å². The van der Waals surface area contributed by atoms with Crippen molar-refractivity contribution in [2.24, 2.45) is 4.99 Å². The van der Waals surface area contributed by atoms with Crippen LogP contribution in [0.5, 0.6) is 0 Å². The Hall–Kier alpha value is -0.900. The summed E-state index contributed by atoms with van der Waals surface area (Å²) in [4.78, 5) is 18.6. The van der Waals surface area contributed by atoms with E-state index >= 15 is 0 Å². The van der Waals surface area contributed by atoms with E-state index in [0.717, 1.165) is 31.3 Å². The van der Waals surface area contributed by atoms with Gasteiger partial charge in [0, 0.05) is 30.1 Å². The summed E-state index contributed by atoms with van der Waals surface area (Å²) in [6.45, 7) is 11.5. The standard InChI is InChI=1S/C17H27N3O3S.HI/c1-6-18-16(20-7-8-24-17(3,4)11-20)19-10-13-9-14(12(2)23-13)15(21)22-5;/h9H,6-8,10-11H2,1-5H3,(H,18,19);1H. The van der Waals surface area contributed by atoms with Gasteiger partial charge in [-0.25, -0.2) is 9.79 Å². The van der Waals surface area contributed by atoms with Crippen molar-refractivity contribution in [2.75, 3.05) is 32.5 Å². The fourth-order valence-corrected chi connectivity index (χ4v) is 3.82. The summed E-state index contributed by atoms with van der Waals surface area (Å²) >= 11 is 1.99. The number of hydrogen-bond donors (Lipinski definition) is 1. The summed E-state index contributed by atoms with van der Waals surface area (Å²) < 4.78 is 10.6. The van der Waals surface area contributed by atoms with Crippen LogP contribution in [0.4, 0.5) is 0 Å². The van der Waals surface area contributed by atoms with E-state index < -0.39 is 0 Å². The molecule has 6 nitrogen and oxygen atoms in total.